The fraction of sp³-hybridized carbons (Fsp3) is 0.0769. The van der Waals surface area contributed by atoms with Gasteiger partial charge < -0.3 is 9.73 Å². The number of aryl methyl sites for hydroxylation is 1. The van der Waals surface area contributed by atoms with Crippen LogP contribution < -0.4 is 10.7 Å². The van der Waals surface area contributed by atoms with Gasteiger partial charge in [-0.3, -0.25) is 5.43 Å². The van der Waals surface area contributed by atoms with Gasteiger partial charge >= 0.3 is 0 Å². The van der Waals surface area contributed by atoms with E-state index in [1.165, 1.54) is 0 Å². The van der Waals surface area contributed by atoms with Crippen LogP contribution in [0.15, 0.2) is 50.4 Å². The Hall–Kier alpha value is -1.66. The number of hydrazone groups is 1. The van der Waals surface area contributed by atoms with Gasteiger partial charge in [0.15, 0.2) is 5.11 Å². The Morgan fingerprint density at radius 1 is 1.37 bits per heavy atom. The molecule has 2 N–H and O–H groups in total. The molecule has 0 bridgehead atoms. The van der Waals surface area contributed by atoms with Crippen molar-refractivity contribution >= 4 is 45.2 Å². The summed E-state index contributed by atoms with van der Waals surface area (Å²) in [5, 5.41) is 7.43. The molecule has 4 nitrogen and oxygen atoms in total. The molecule has 0 aliphatic carbocycles. The smallest absolute Gasteiger partial charge is 0.191 e. The zero-order valence-corrected chi connectivity index (χ0v) is 12.6. The standard InChI is InChI=1S/C13H12BrN3OS/c1-9-12(14)7-11(18-9)8-15-17-13(19)16-10-5-3-2-4-6-10/h2-8H,1H3,(H2,16,17,19). The minimum absolute atomic E-state index is 0.421. The summed E-state index contributed by atoms with van der Waals surface area (Å²) < 4.78 is 6.33. The van der Waals surface area contributed by atoms with Crippen LogP contribution in [0.1, 0.15) is 11.5 Å². The molecule has 0 amide bonds. The number of thiocarbonyl (C=S) groups is 1. The van der Waals surface area contributed by atoms with Gasteiger partial charge in [0.1, 0.15) is 11.5 Å². The molecule has 0 fully saturated rings. The number of benzene rings is 1. The Balaban J connectivity index is 1.87. The Kier molecular flexibility index (Phi) is 4.70. The van der Waals surface area contributed by atoms with Crippen molar-refractivity contribution in [2.45, 2.75) is 6.92 Å². The van der Waals surface area contributed by atoms with Crippen LogP contribution in [-0.4, -0.2) is 11.3 Å². The number of hydrogen-bond donors (Lipinski definition) is 2. The van der Waals surface area contributed by atoms with Crippen molar-refractivity contribution in [3.8, 4) is 0 Å². The average Bonchev–Trinajstić information content (AvgIpc) is 2.70. The molecule has 1 aromatic carbocycles. The molecule has 98 valence electrons. The Labute approximate surface area is 125 Å². The summed E-state index contributed by atoms with van der Waals surface area (Å²) in [5.74, 6) is 1.46. The second-order valence-corrected chi connectivity index (χ2v) is 5.01. The first kappa shape index (κ1) is 13.8. The van der Waals surface area contributed by atoms with Crippen molar-refractivity contribution in [2.75, 3.05) is 5.32 Å². The van der Waals surface area contributed by atoms with Crippen molar-refractivity contribution in [3.63, 3.8) is 0 Å². The zero-order valence-electron chi connectivity index (χ0n) is 10.2. The molecule has 0 unspecified atom stereocenters. The van der Waals surface area contributed by atoms with Crippen LogP contribution in [0.4, 0.5) is 5.69 Å². The monoisotopic (exact) mass is 337 g/mol. The van der Waals surface area contributed by atoms with E-state index in [9.17, 15) is 0 Å². The lowest BCUT2D eigenvalue weighted by Gasteiger charge is -2.05. The second-order valence-electron chi connectivity index (χ2n) is 3.74. The van der Waals surface area contributed by atoms with Gasteiger partial charge in [0.25, 0.3) is 0 Å². The van der Waals surface area contributed by atoms with Gasteiger partial charge in [-0.1, -0.05) is 18.2 Å². The lowest BCUT2D eigenvalue weighted by atomic mass is 10.3. The van der Waals surface area contributed by atoms with Gasteiger partial charge in [-0.2, -0.15) is 5.10 Å². The summed E-state index contributed by atoms with van der Waals surface area (Å²) in [7, 11) is 0. The maximum Gasteiger partial charge on any atom is 0.191 e. The van der Waals surface area contributed by atoms with Crippen LogP contribution in [0.3, 0.4) is 0 Å². The number of hydrogen-bond acceptors (Lipinski definition) is 3. The zero-order chi connectivity index (χ0) is 13.7. The molecule has 1 aromatic heterocycles. The fourth-order valence-corrected chi connectivity index (χ4v) is 1.86. The summed E-state index contributed by atoms with van der Waals surface area (Å²) in [5.41, 5.74) is 3.63. The number of nitrogens with zero attached hydrogens (tertiary/aromatic N) is 1. The molecule has 1 heterocycles. The van der Waals surface area contributed by atoms with E-state index in [-0.39, 0.29) is 0 Å². The van der Waals surface area contributed by atoms with Gasteiger partial charge in [-0.15, -0.1) is 0 Å². The van der Waals surface area contributed by atoms with E-state index in [0.29, 0.717) is 10.9 Å². The second kappa shape index (κ2) is 6.49. The summed E-state index contributed by atoms with van der Waals surface area (Å²) in [4.78, 5) is 0. The number of nitrogens with one attached hydrogen (secondary N) is 2. The third-order valence-electron chi connectivity index (χ3n) is 2.27. The number of anilines is 1. The highest BCUT2D eigenvalue weighted by Crippen LogP contribution is 2.18. The Bertz CT molecular complexity index is 576. The van der Waals surface area contributed by atoms with Gasteiger partial charge in [-0.25, -0.2) is 0 Å². The van der Waals surface area contributed by atoms with E-state index < -0.39 is 0 Å². The first-order valence-corrected chi connectivity index (χ1v) is 6.76. The minimum atomic E-state index is 0.421. The van der Waals surface area contributed by atoms with Crippen molar-refractivity contribution in [3.05, 3.63) is 52.4 Å². The van der Waals surface area contributed by atoms with Crippen LogP contribution in [0.5, 0.6) is 0 Å². The first-order chi connectivity index (χ1) is 9.15. The lowest BCUT2D eigenvalue weighted by molar-refractivity contribution is 0.526. The summed E-state index contributed by atoms with van der Waals surface area (Å²) in [6, 6.07) is 11.5. The molecule has 2 rings (SSSR count). The molecule has 0 saturated heterocycles. The lowest BCUT2D eigenvalue weighted by Crippen LogP contribution is -2.23. The molecule has 0 atom stereocenters. The third-order valence-corrected chi connectivity index (χ3v) is 3.25. The third kappa shape index (κ3) is 4.18. The topological polar surface area (TPSA) is 49.6 Å². The Morgan fingerprint density at radius 3 is 2.74 bits per heavy atom. The van der Waals surface area contributed by atoms with Crippen LogP contribution in [0, 0.1) is 6.92 Å². The van der Waals surface area contributed by atoms with Crippen LogP contribution >= 0.6 is 28.1 Å². The minimum Gasteiger partial charge on any atom is -0.459 e. The summed E-state index contributed by atoms with van der Waals surface area (Å²) in [6.45, 7) is 1.87. The SMILES string of the molecule is Cc1oc(C=NNC(=S)Nc2ccccc2)cc1Br. The van der Waals surface area contributed by atoms with Gasteiger partial charge in [0.05, 0.1) is 10.7 Å². The fourth-order valence-electron chi connectivity index (χ4n) is 1.38. The highest BCUT2D eigenvalue weighted by atomic mass is 79.9. The highest BCUT2D eigenvalue weighted by molar-refractivity contribution is 9.10. The van der Waals surface area contributed by atoms with Gasteiger partial charge in [-0.05, 0) is 47.2 Å². The van der Waals surface area contributed by atoms with Gasteiger partial charge in [0.2, 0.25) is 0 Å². The largest absolute Gasteiger partial charge is 0.459 e. The van der Waals surface area contributed by atoms with E-state index in [2.05, 4.69) is 31.8 Å². The first-order valence-electron chi connectivity index (χ1n) is 5.56. The molecule has 2 aromatic rings. The van der Waals surface area contributed by atoms with Crippen LogP contribution in [0.25, 0.3) is 0 Å². The van der Waals surface area contributed by atoms with Crippen molar-refractivity contribution in [1.29, 1.82) is 0 Å². The summed E-state index contributed by atoms with van der Waals surface area (Å²) in [6.07, 6.45) is 1.57. The average molecular weight is 338 g/mol. The normalized spacial score (nSPS) is 10.6. The molecule has 0 radical (unpaired) electrons. The quantitative estimate of drug-likeness (QED) is 0.509. The van der Waals surface area contributed by atoms with E-state index in [1.807, 2.05) is 43.3 Å². The maximum absolute atomic E-state index is 5.41. The molecular weight excluding hydrogens is 326 g/mol. The van der Waals surface area contributed by atoms with E-state index in [4.69, 9.17) is 16.6 Å². The van der Waals surface area contributed by atoms with Crippen molar-refractivity contribution < 1.29 is 4.42 Å². The number of para-hydroxylation sites is 1. The maximum atomic E-state index is 5.41. The van der Waals surface area contributed by atoms with Crippen molar-refractivity contribution in [2.24, 2.45) is 5.10 Å². The van der Waals surface area contributed by atoms with Gasteiger partial charge in [0, 0.05) is 11.8 Å². The molecule has 0 saturated carbocycles. The van der Waals surface area contributed by atoms with E-state index >= 15 is 0 Å². The molecule has 0 spiro atoms. The molecular formula is C13H12BrN3OS. The molecule has 19 heavy (non-hydrogen) atoms. The number of furan rings is 1. The highest BCUT2D eigenvalue weighted by Gasteiger charge is 2.01. The molecule has 6 heteroatoms. The van der Waals surface area contributed by atoms with E-state index in [0.717, 1.165) is 15.9 Å². The van der Waals surface area contributed by atoms with Crippen molar-refractivity contribution in [1.82, 2.24) is 5.43 Å². The Morgan fingerprint density at radius 2 is 2.11 bits per heavy atom. The molecule has 0 aliphatic heterocycles. The van der Waals surface area contributed by atoms with Crippen LogP contribution in [-0.2, 0) is 0 Å². The van der Waals surface area contributed by atoms with E-state index in [1.54, 1.807) is 6.21 Å². The predicted molar refractivity (Wildman–Crippen MR) is 84.5 cm³/mol. The molecule has 0 aliphatic rings. The number of rotatable bonds is 3. The summed E-state index contributed by atoms with van der Waals surface area (Å²) >= 11 is 8.47. The number of halogens is 1. The predicted octanol–water partition coefficient (Wildman–Crippen LogP) is 3.67. The van der Waals surface area contributed by atoms with Crippen LogP contribution in [0.2, 0.25) is 0 Å².